The molecule has 0 aliphatic carbocycles. The summed E-state index contributed by atoms with van der Waals surface area (Å²) in [7, 11) is 0. The van der Waals surface area contributed by atoms with E-state index in [1.807, 2.05) is 56.3 Å². The number of furan rings is 1. The Morgan fingerprint density at radius 2 is 1.68 bits per heavy atom. The van der Waals surface area contributed by atoms with Crippen molar-refractivity contribution in [3.05, 3.63) is 89.9 Å². The number of carbonyl (C=O) groups excluding carboxylic acids is 1. The fourth-order valence-electron chi connectivity index (χ4n) is 3.77. The molecule has 2 unspecified atom stereocenters. The van der Waals surface area contributed by atoms with Crippen molar-refractivity contribution in [1.82, 2.24) is 20.1 Å². The zero-order valence-corrected chi connectivity index (χ0v) is 20.6. The maximum Gasteiger partial charge on any atom is 0.233 e. The van der Waals surface area contributed by atoms with E-state index in [1.54, 1.807) is 6.26 Å². The van der Waals surface area contributed by atoms with Crippen LogP contribution in [0.25, 0.3) is 11.4 Å². The Bertz CT molecular complexity index is 1200. The van der Waals surface area contributed by atoms with Crippen LogP contribution in [0.3, 0.4) is 0 Å². The number of thioether (sulfide) groups is 1. The molecule has 0 radical (unpaired) electrons. The van der Waals surface area contributed by atoms with Crippen molar-refractivity contribution in [3.63, 3.8) is 0 Å². The van der Waals surface area contributed by atoms with Crippen molar-refractivity contribution in [3.8, 4) is 11.4 Å². The molecule has 7 heteroatoms. The Kier molecular flexibility index (Phi) is 7.85. The molecule has 4 rings (SSSR count). The number of benzene rings is 2. The second-order valence-electron chi connectivity index (χ2n) is 8.46. The number of nitrogens with one attached hydrogen (secondary N) is 1. The van der Waals surface area contributed by atoms with Crippen LogP contribution in [0.1, 0.15) is 37.2 Å². The van der Waals surface area contributed by atoms with Crippen LogP contribution in [-0.2, 0) is 17.8 Å². The van der Waals surface area contributed by atoms with Crippen LogP contribution in [-0.4, -0.2) is 32.0 Å². The van der Waals surface area contributed by atoms with Crippen LogP contribution >= 0.6 is 11.8 Å². The Morgan fingerprint density at radius 3 is 2.32 bits per heavy atom. The highest BCUT2D eigenvalue weighted by molar-refractivity contribution is 8.00. The van der Waals surface area contributed by atoms with Gasteiger partial charge in [-0.2, -0.15) is 0 Å². The standard InChI is InChI=1S/C27H30N4O2S/c1-19(14-15-22-10-6-4-7-11-22)28-26(32)21(3)34-27-30-29-25(24-16-17-33-20(24)2)31(27)18-23-12-8-5-9-13-23/h4-13,16-17,19,21H,14-15,18H2,1-3H3,(H,28,32). The molecule has 0 bridgehead atoms. The Morgan fingerprint density at radius 1 is 1.00 bits per heavy atom. The molecule has 0 aliphatic rings. The van der Waals surface area contributed by atoms with E-state index in [0.29, 0.717) is 11.7 Å². The van der Waals surface area contributed by atoms with Gasteiger partial charge in [0.15, 0.2) is 11.0 Å². The first-order valence-corrected chi connectivity index (χ1v) is 12.4. The molecule has 0 spiro atoms. The minimum Gasteiger partial charge on any atom is -0.469 e. The first-order valence-electron chi connectivity index (χ1n) is 11.5. The molecule has 2 aromatic heterocycles. The predicted octanol–water partition coefficient (Wildman–Crippen LogP) is 5.51. The summed E-state index contributed by atoms with van der Waals surface area (Å²) in [4.78, 5) is 12.9. The lowest BCUT2D eigenvalue weighted by molar-refractivity contribution is -0.120. The fourth-order valence-corrected chi connectivity index (χ4v) is 4.63. The van der Waals surface area contributed by atoms with Crippen LogP contribution in [0, 0.1) is 6.92 Å². The Labute approximate surface area is 204 Å². The van der Waals surface area contributed by atoms with Gasteiger partial charge in [0.25, 0.3) is 0 Å². The number of nitrogens with zero attached hydrogens (tertiary/aromatic N) is 3. The highest BCUT2D eigenvalue weighted by atomic mass is 32.2. The summed E-state index contributed by atoms with van der Waals surface area (Å²) < 4.78 is 7.56. The van der Waals surface area contributed by atoms with Crippen molar-refractivity contribution in [2.75, 3.05) is 0 Å². The average Bonchev–Trinajstić information content (AvgIpc) is 3.44. The van der Waals surface area contributed by atoms with Crippen LogP contribution in [0.15, 0.2) is 82.6 Å². The van der Waals surface area contributed by atoms with Gasteiger partial charge in [-0.1, -0.05) is 72.4 Å². The van der Waals surface area contributed by atoms with Crippen molar-refractivity contribution >= 4 is 17.7 Å². The molecule has 2 atom stereocenters. The van der Waals surface area contributed by atoms with E-state index in [1.165, 1.54) is 17.3 Å². The molecule has 0 saturated heterocycles. The van der Waals surface area contributed by atoms with Gasteiger partial charge in [-0.15, -0.1) is 10.2 Å². The lowest BCUT2D eigenvalue weighted by Crippen LogP contribution is -2.38. The van der Waals surface area contributed by atoms with Crippen LogP contribution in [0.5, 0.6) is 0 Å². The van der Waals surface area contributed by atoms with Gasteiger partial charge in [-0.25, -0.2) is 0 Å². The third kappa shape index (κ3) is 5.97. The molecule has 1 N–H and O–H groups in total. The molecule has 0 aliphatic heterocycles. The maximum absolute atomic E-state index is 12.9. The topological polar surface area (TPSA) is 72.9 Å². The predicted molar refractivity (Wildman–Crippen MR) is 136 cm³/mol. The van der Waals surface area contributed by atoms with E-state index in [9.17, 15) is 4.79 Å². The van der Waals surface area contributed by atoms with Gasteiger partial charge in [-0.05, 0) is 50.8 Å². The van der Waals surface area contributed by atoms with Gasteiger partial charge in [0, 0.05) is 6.04 Å². The molecule has 34 heavy (non-hydrogen) atoms. The Hall–Kier alpha value is -3.32. The molecule has 176 valence electrons. The maximum atomic E-state index is 12.9. The first-order chi connectivity index (χ1) is 16.5. The third-order valence-corrected chi connectivity index (χ3v) is 6.83. The van der Waals surface area contributed by atoms with Crippen molar-refractivity contribution in [2.45, 2.75) is 56.6 Å². The van der Waals surface area contributed by atoms with Crippen LogP contribution in [0.2, 0.25) is 0 Å². The number of hydrogen-bond acceptors (Lipinski definition) is 5. The van der Waals surface area contributed by atoms with Crippen LogP contribution < -0.4 is 5.32 Å². The lowest BCUT2D eigenvalue weighted by Gasteiger charge is -2.18. The fraction of sp³-hybridized carbons (Fsp3) is 0.296. The normalized spacial score (nSPS) is 12.9. The summed E-state index contributed by atoms with van der Waals surface area (Å²) in [6.07, 6.45) is 3.48. The molecule has 0 fully saturated rings. The molecule has 2 aromatic carbocycles. The van der Waals surface area contributed by atoms with E-state index in [-0.39, 0.29) is 17.2 Å². The number of hydrogen-bond donors (Lipinski definition) is 1. The lowest BCUT2D eigenvalue weighted by atomic mass is 10.1. The molecule has 6 nitrogen and oxygen atoms in total. The molecule has 0 saturated carbocycles. The largest absolute Gasteiger partial charge is 0.469 e. The van der Waals surface area contributed by atoms with E-state index in [0.717, 1.165) is 35.6 Å². The highest BCUT2D eigenvalue weighted by Gasteiger charge is 2.23. The van der Waals surface area contributed by atoms with Gasteiger partial charge < -0.3 is 9.73 Å². The minimum atomic E-state index is -0.309. The van der Waals surface area contributed by atoms with Gasteiger partial charge in [0.05, 0.1) is 23.6 Å². The summed E-state index contributed by atoms with van der Waals surface area (Å²) in [5.74, 6) is 1.53. The summed E-state index contributed by atoms with van der Waals surface area (Å²) in [6.45, 7) is 6.48. The smallest absolute Gasteiger partial charge is 0.233 e. The second kappa shape index (κ2) is 11.2. The number of amides is 1. The van der Waals surface area contributed by atoms with Crippen molar-refractivity contribution < 1.29 is 9.21 Å². The zero-order chi connectivity index (χ0) is 23.9. The molecule has 4 aromatic rings. The Balaban J connectivity index is 1.45. The SMILES string of the molecule is Cc1occc1-c1nnc(SC(C)C(=O)NC(C)CCc2ccccc2)n1Cc1ccccc1. The number of rotatable bonds is 10. The van der Waals surface area contributed by atoms with Crippen molar-refractivity contribution in [2.24, 2.45) is 0 Å². The van der Waals surface area contributed by atoms with Crippen LogP contribution in [0.4, 0.5) is 0 Å². The van der Waals surface area contributed by atoms with Gasteiger partial charge >= 0.3 is 0 Å². The highest BCUT2D eigenvalue weighted by Crippen LogP contribution is 2.30. The summed E-state index contributed by atoms with van der Waals surface area (Å²) in [5.41, 5.74) is 3.32. The molecule has 2 heterocycles. The van der Waals surface area contributed by atoms with Crippen molar-refractivity contribution in [1.29, 1.82) is 0 Å². The number of carbonyl (C=O) groups is 1. The molecular formula is C27H30N4O2S. The summed E-state index contributed by atoms with van der Waals surface area (Å²) in [5, 5.41) is 12.4. The zero-order valence-electron chi connectivity index (χ0n) is 19.8. The third-order valence-electron chi connectivity index (χ3n) is 5.75. The molecule has 1 amide bonds. The van der Waals surface area contributed by atoms with E-state index in [4.69, 9.17) is 4.42 Å². The first kappa shape index (κ1) is 23.8. The molecular weight excluding hydrogens is 444 g/mol. The average molecular weight is 475 g/mol. The quantitative estimate of drug-likeness (QED) is 0.307. The summed E-state index contributed by atoms with van der Waals surface area (Å²) >= 11 is 1.42. The second-order valence-corrected chi connectivity index (χ2v) is 9.77. The number of aromatic nitrogens is 3. The van der Waals surface area contributed by atoms with Gasteiger partial charge in [0.2, 0.25) is 5.91 Å². The summed E-state index contributed by atoms with van der Waals surface area (Å²) in [6, 6.07) is 22.5. The van der Waals surface area contributed by atoms with E-state index >= 15 is 0 Å². The van der Waals surface area contributed by atoms with E-state index < -0.39 is 0 Å². The minimum absolute atomic E-state index is 0.000800. The monoisotopic (exact) mass is 474 g/mol. The van der Waals surface area contributed by atoms with Gasteiger partial charge in [-0.3, -0.25) is 9.36 Å². The van der Waals surface area contributed by atoms with E-state index in [2.05, 4.69) is 51.3 Å². The number of aryl methyl sites for hydroxylation is 2. The van der Waals surface area contributed by atoms with Gasteiger partial charge in [0.1, 0.15) is 5.76 Å².